The van der Waals surface area contributed by atoms with E-state index in [4.69, 9.17) is 0 Å². The second kappa shape index (κ2) is 6.05. The minimum atomic E-state index is -3.45. The van der Waals surface area contributed by atoms with Crippen LogP contribution in [-0.4, -0.2) is 28.8 Å². The van der Waals surface area contributed by atoms with Crippen molar-refractivity contribution in [2.24, 2.45) is 13.0 Å². The number of benzene rings is 1. The van der Waals surface area contributed by atoms with Crippen LogP contribution in [0.25, 0.3) is 22.2 Å². The Balaban J connectivity index is 2.03. The maximum Gasteiger partial charge on any atom is 0.253 e. The van der Waals surface area contributed by atoms with Crippen molar-refractivity contribution in [2.75, 3.05) is 6.26 Å². The highest BCUT2D eigenvalue weighted by atomic mass is 32.2. The van der Waals surface area contributed by atoms with Crippen molar-refractivity contribution in [2.45, 2.75) is 38.1 Å². The molecule has 1 aliphatic carbocycles. The number of hydrogen-bond donors (Lipinski definition) is 0. The molecule has 0 spiro atoms. The summed E-state index contributed by atoms with van der Waals surface area (Å²) in [6, 6.07) is 5.47. The number of sulfone groups is 1. The van der Waals surface area contributed by atoms with Crippen molar-refractivity contribution in [3.63, 3.8) is 0 Å². The van der Waals surface area contributed by atoms with Gasteiger partial charge in [0.05, 0.1) is 10.4 Å². The zero-order chi connectivity index (χ0) is 19.5. The van der Waals surface area contributed by atoms with Crippen LogP contribution in [0.15, 0.2) is 34.1 Å². The van der Waals surface area contributed by atoms with E-state index in [0.717, 1.165) is 29.0 Å². The lowest BCUT2D eigenvalue weighted by Crippen LogP contribution is -2.18. The summed E-state index contributed by atoms with van der Waals surface area (Å²) in [7, 11) is -1.74. The van der Waals surface area contributed by atoms with E-state index in [2.05, 4.69) is 9.55 Å². The number of aryl methyl sites for hydroxylation is 3. The van der Waals surface area contributed by atoms with Crippen molar-refractivity contribution in [1.29, 1.82) is 0 Å². The first-order chi connectivity index (χ1) is 12.6. The molecule has 0 radical (unpaired) electrons. The predicted molar refractivity (Wildman–Crippen MR) is 106 cm³/mol. The molecule has 3 aromatic rings. The van der Waals surface area contributed by atoms with E-state index < -0.39 is 9.84 Å². The Morgan fingerprint density at radius 3 is 2.44 bits per heavy atom. The summed E-state index contributed by atoms with van der Waals surface area (Å²) in [5, 5.41) is 0. The van der Waals surface area contributed by atoms with Crippen LogP contribution in [0.3, 0.4) is 0 Å². The number of nitrogens with zero attached hydrogens (tertiary/aromatic N) is 3. The predicted octanol–water partition coefficient (Wildman–Crippen LogP) is 2.83. The fraction of sp³-hybridized carbons (Fsp3) is 0.400. The Labute approximate surface area is 158 Å². The average molecular weight is 385 g/mol. The van der Waals surface area contributed by atoms with Crippen LogP contribution < -0.4 is 5.56 Å². The molecule has 0 saturated heterocycles. The van der Waals surface area contributed by atoms with Crippen LogP contribution in [0.1, 0.15) is 24.2 Å². The molecule has 1 aromatic carbocycles. The van der Waals surface area contributed by atoms with Gasteiger partial charge in [0.1, 0.15) is 11.3 Å². The van der Waals surface area contributed by atoms with Gasteiger partial charge in [-0.15, -0.1) is 0 Å². The van der Waals surface area contributed by atoms with Crippen molar-refractivity contribution >= 4 is 20.9 Å². The molecule has 0 bridgehead atoms. The molecule has 1 saturated carbocycles. The normalized spacial score (nSPS) is 14.8. The molecule has 2 aromatic heterocycles. The van der Waals surface area contributed by atoms with E-state index in [-0.39, 0.29) is 10.5 Å². The summed E-state index contributed by atoms with van der Waals surface area (Å²) in [4.78, 5) is 16.8. The van der Waals surface area contributed by atoms with Crippen molar-refractivity contribution in [3.8, 4) is 11.1 Å². The first-order valence-corrected chi connectivity index (χ1v) is 10.9. The maximum atomic E-state index is 12.5. The topological polar surface area (TPSA) is 74.0 Å². The van der Waals surface area contributed by atoms with E-state index in [9.17, 15) is 13.2 Å². The number of hydrogen-bond acceptors (Lipinski definition) is 4. The zero-order valence-electron chi connectivity index (χ0n) is 16.0. The summed E-state index contributed by atoms with van der Waals surface area (Å²) in [5.74, 6) is 1.47. The number of rotatable bonds is 4. The number of fused-ring (bicyclic) bond motifs is 1. The van der Waals surface area contributed by atoms with Crippen molar-refractivity contribution in [1.82, 2.24) is 14.1 Å². The monoisotopic (exact) mass is 385 g/mol. The molecular weight excluding hydrogens is 362 g/mol. The molecule has 0 N–H and O–H groups in total. The average Bonchev–Trinajstić information content (AvgIpc) is 3.34. The molecule has 7 heteroatoms. The molecule has 142 valence electrons. The van der Waals surface area contributed by atoms with Crippen LogP contribution in [0.5, 0.6) is 0 Å². The molecule has 6 nitrogen and oxygen atoms in total. The lowest BCUT2D eigenvalue weighted by atomic mass is 10.1. The number of imidazole rings is 1. The second-order valence-corrected chi connectivity index (χ2v) is 9.64. The van der Waals surface area contributed by atoms with Gasteiger partial charge in [-0.1, -0.05) is 0 Å². The quantitative estimate of drug-likeness (QED) is 0.692. The maximum absolute atomic E-state index is 12.5. The standard InChI is InChI=1S/C20H23N3O3S/c1-12-7-16(11-22(3)20(12)24)15-8-17-19(18(9-15)27(4,25)26)21-13(2)23(17)10-14-5-6-14/h7-9,11,14H,5-6,10H2,1-4H3. The summed E-state index contributed by atoms with van der Waals surface area (Å²) >= 11 is 0. The Morgan fingerprint density at radius 2 is 1.85 bits per heavy atom. The molecule has 0 atom stereocenters. The van der Waals surface area contributed by atoms with Crippen LogP contribution >= 0.6 is 0 Å². The van der Waals surface area contributed by atoms with Gasteiger partial charge in [-0.05, 0) is 61.9 Å². The van der Waals surface area contributed by atoms with E-state index in [1.54, 1.807) is 26.2 Å². The summed E-state index contributed by atoms with van der Waals surface area (Å²) < 4.78 is 28.6. The number of aromatic nitrogens is 3. The third kappa shape index (κ3) is 3.20. The van der Waals surface area contributed by atoms with Crippen LogP contribution in [-0.2, 0) is 23.4 Å². The lowest BCUT2D eigenvalue weighted by molar-refractivity contribution is 0.602. The first kappa shape index (κ1) is 18.0. The van der Waals surface area contributed by atoms with E-state index in [1.165, 1.54) is 23.7 Å². The van der Waals surface area contributed by atoms with Crippen molar-refractivity contribution < 1.29 is 8.42 Å². The minimum Gasteiger partial charge on any atom is -0.328 e. The van der Waals surface area contributed by atoms with E-state index in [0.29, 0.717) is 17.0 Å². The minimum absolute atomic E-state index is 0.0576. The van der Waals surface area contributed by atoms with Gasteiger partial charge in [0.25, 0.3) is 5.56 Å². The highest BCUT2D eigenvalue weighted by molar-refractivity contribution is 7.91. The molecule has 1 aliphatic rings. The van der Waals surface area contributed by atoms with Gasteiger partial charge < -0.3 is 9.13 Å². The first-order valence-electron chi connectivity index (χ1n) is 9.03. The Hall–Kier alpha value is -2.41. The van der Waals surface area contributed by atoms with Crippen LogP contribution in [0.4, 0.5) is 0 Å². The number of pyridine rings is 1. The summed E-state index contributed by atoms with van der Waals surface area (Å²) in [5.41, 5.74) is 3.53. The summed E-state index contributed by atoms with van der Waals surface area (Å²) in [6.45, 7) is 4.55. The molecule has 0 amide bonds. The lowest BCUT2D eigenvalue weighted by Gasteiger charge is -2.11. The summed E-state index contributed by atoms with van der Waals surface area (Å²) in [6.07, 6.45) is 5.37. The van der Waals surface area contributed by atoms with Crippen molar-refractivity contribution in [3.05, 3.63) is 46.1 Å². The Bertz CT molecular complexity index is 1210. The fourth-order valence-electron chi connectivity index (χ4n) is 3.58. The Morgan fingerprint density at radius 1 is 1.15 bits per heavy atom. The highest BCUT2D eigenvalue weighted by Gasteiger charge is 2.25. The van der Waals surface area contributed by atoms with Gasteiger partial charge in [-0.25, -0.2) is 13.4 Å². The Kier molecular flexibility index (Phi) is 4.03. The fourth-order valence-corrected chi connectivity index (χ4v) is 4.42. The third-order valence-corrected chi connectivity index (χ3v) is 6.35. The smallest absolute Gasteiger partial charge is 0.253 e. The van der Waals surface area contributed by atoms with Gasteiger partial charge >= 0.3 is 0 Å². The van der Waals surface area contributed by atoms with E-state index >= 15 is 0 Å². The molecule has 0 unspecified atom stereocenters. The van der Waals surface area contributed by atoms with Gasteiger partial charge in [-0.3, -0.25) is 4.79 Å². The van der Waals surface area contributed by atoms with Gasteiger partial charge in [0, 0.05) is 31.6 Å². The van der Waals surface area contributed by atoms with Crippen LogP contribution in [0, 0.1) is 19.8 Å². The zero-order valence-corrected chi connectivity index (χ0v) is 16.8. The molecule has 4 rings (SSSR count). The van der Waals surface area contributed by atoms with E-state index in [1.807, 2.05) is 19.1 Å². The highest BCUT2D eigenvalue weighted by Crippen LogP contribution is 2.35. The molecule has 1 fully saturated rings. The second-order valence-electron chi connectivity index (χ2n) is 7.66. The SMILES string of the molecule is Cc1cc(-c2cc(S(C)(=O)=O)c3nc(C)n(CC4CC4)c3c2)cn(C)c1=O. The third-order valence-electron chi connectivity index (χ3n) is 5.24. The van der Waals surface area contributed by atoms with Crippen LogP contribution in [0.2, 0.25) is 0 Å². The van der Waals surface area contributed by atoms with Gasteiger partial charge in [0.2, 0.25) is 0 Å². The molecule has 27 heavy (non-hydrogen) atoms. The molecule has 0 aliphatic heterocycles. The molecule has 2 heterocycles. The van der Waals surface area contributed by atoms with Gasteiger partial charge in [-0.2, -0.15) is 0 Å². The largest absolute Gasteiger partial charge is 0.328 e. The molecular formula is C20H23N3O3S. The van der Waals surface area contributed by atoms with Gasteiger partial charge in [0.15, 0.2) is 9.84 Å².